The van der Waals surface area contributed by atoms with E-state index in [1.54, 1.807) is 18.5 Å². The lowest BCUT2D eigenvalue weighted by Crippen LogP contribution is -2.46. The van der Waals surface area contributed by atoms with E-state index in [9.17, 15) is 4.79 Å². The van der Waals surface area contributed by atoms with E-state index in [0.29, 0.717) is 12.2 Å². The number of carbonyl (C=O) groups is 1. The van der Waals surface area contributed by atoms with Gasteiger partial charge in [-0.3, -0.25) is 14.7 Å². The van der Waals surface area contributed by atoms with Gasteiger partial charge in [-0.25, -0.2) is 0 Å². The highest BCUT2D eigenvalue weighted by Gasteiger charge is 2.18. The Morgan fingerprint density at radius 2 is 1.86 bits per heavy atom. The number of nitrogens with one attached hydrogen (secondary N) is 1. The molecule has 0 unspecified atom stereocenters. The van der Waals surface area contributed by atoms with E-state index >= 15 is 0 Å². The molecule has 0 spiro atoms. The molecular weight excluding hydrogens is 352 g/mol. The van der Waals surface area contributed by atoms with E-state index in [4.69, 9.17) is 4.42 Å². The molecule has 6 nitrogen and oxygen atoms in total. The lowest BCUT2D eigenvalue weighted by Gasteiger charge is -2.36. The number of benzene rings is 1. The lowest BCUT2D eigenvalue weighted by atomic mass is 10.2. The molecule has 0 aliphatic carbocycles. The molecule has 28 heavy (non-hydrogen) atoms. The largest absolute Gasteiger partial charge is 0.467 e. The van der Waals surface area contributed by atoms with Gasteiger partial charge >= 0.3 is 0 Å². The molecule has 1 aliphatic heterocycles. The van der Waals surface area contributed by atoms with Gasteiger partial charge < -0.3 is 14.6 Å². The van der Waals surface area contributed by atoms with Crippen molar-refractivity contribution in [3.63, 3.8) is 0 Å². The molecular formula is C22H24N4O2. The molecule has 2 aromatic heterocycles. The summed E-state index contributed by atoms with van der Waals surface area (Å²) >= 11 is 0. The van der Waals surface area contributed by atoms with Gasteiger partial charge in [0.25, 0.3) is 5.91 Å². The first-order valence-electron chi connectivity index (χ1n) is 9.56. The van der Waals surface area contributed by atoms with Gasteiger partial charge in [0.05, 0.1) is 12.8 Å². The summed E-state index contributed by atoms with van der Waals surface area (Å²) in [5.74, 6) is 0.528. The summed E-state index contributed by atoms with van der Waals surface area (Å²) in [4.78, 5) is 21.4. The Balaban J connectivity index is 1.32. The zero-order valence-electron chi connectivity index (χ0n) is 15.8. The van der Waals surface area contributed by atoms with Gasteiger partial charge in [-0.15, -0.1) is 0 Å². The van der Waals surface area contributed by atoms with Crippen molar-refractivity contribution in [2.45, 2.75) is 13.1 Å². The number of anilines is 1. The van der Waals surface area contributed by atoms with E-state index in [0.717, 1.165) is 44.2 Å². The number of piperazine rings is 1. The van der Waals surface area contributed by atoms with Crippen molar-refractivity contribution in [2.75, 3.05) is 31.1 Å². The molecule has 0 saturated carbocycles. The maximum atomic E-state index is 12.4. The maximum Gasteiger partial charge on any atom is 0.270 e. The quantitative estimate of drug-likeness (QED) is 0.717. The minimum Gasteiger partial charge on any atom is -0.467 e. The minimum atomic E-state index is -0.194. The zero-order chi connectivity index (χ0) is 19.2. The predicted octanol–water partition coefficient (Wildman–Crippen LogP) is 2.93. The molecule has 1 aliphatic rings. The van der Waals surface area contributed by atoms with Crippen LogP contribution in [-0.2, 0) is 13.1 Å². The number of carbonyl (C=O) groups excluding carboxylic acids is 1. The van der Waals surface area contributed by atoms with Crippen LogP contribution in [0.4, 0.5) is 5.69 Å². The topological polar surface area (TPSA) is 61.6 Å². The number of pyridine rings is 1. The molecule has 3 heterocycles. The summed E-state index contributed by atoms with van der Waals surface area (Å²) in [6.07, 6.45) is 3.30. The van der Waals surface area contributed by atoms with Crippen LogP contribution in [0.1, 0.15) is 21.8 Å². The summed E-state index contributed by atoms with van der Waals surface area (Å²) in [6.45, 7) is 5.20. The van der Waals surface area contributed by atoms with Crippen LogP contribution >= 0.6 is 0 Å². The second-order valence-electron chi connectivity index (χ2n) is 6.91. The van der Waals surface area contributed by atoms with Gasteiger partial charge in [-0.2, -0.15) is 0 Å². The molecule has 1 fully saturated rings. The number of rotatable bonds is 6. The van der Waals surface area contributed by atoms with Crippen LogP contribution < -0.4 is 10.2 Å². The first-order valence-corrected chi connectivity index (χ1v) is 9.56. The molecule has 1 aromatic carbocycles. The Kier molecular flexibility index (Phi) is 5.68. The normalized spacial score (nSPS) is 14.8. The molecule has 0 radical (unpaired) electrons. The smallest absolute Gasteiger partial charge is 0.270 e. The van der Waals surface area contributed by atoms with E-state index in [1.807, 2.05) is 24.3 Å². The van der Waals surface area contributed by atoms with Crippen LogP contribution in [0, 0.1) is 0 Å². The molecule has 1 saturated heterocycles. The summed E-state index contributed by atoms with van der Waals surface area (Å²) in [6, 6.07) is 18.0. The lowest BCUT2D eigenvalue weighted by molar-refractivity contribution is 0.0943. The summed E-state index contributed by atoms with van der Waals surface area (Å²) in [5, 5.41) is 2.84. The van der Waals surface area contributed by atoms with Crippen molar-refractivity contribution < 1.29 is 9.21 Å². The Bertz CT molecular complexity index is 888. The average Bonchev–Trinajstić information content (AvgIpc) is 3.27. The zero-order valence-corrected chi connectivity index (χ0v) is 15.8. The number of amides is 1. The molecule has 4 rings (SSSR count). The maximum absolute atomic E-state index is 12.4. The van der Waals surface area contributed by atoms with E-state index in [-0.39, 0.29) is 5.91 Å². The Morgan fingerprint density at radius 1 is 1.04 bits per heavy atom. The number of furan rings is 1. The second-order valence-corrected chi connectivity index (χ2v) is 6.91. The number of hydrogen-bond donors (Lipinski definition) is 1. The number of hydrogen-bond acceptors (Lipinski definition) is 5. The summed E-state index contributed by atoms with van der Waals surface area (Å²) < 4.78 is 5.24. The van der Waals surface area contributed by atoms with Crippen LogP contribution in [0.25, 0.3) is 0 Å². The van der Waals surface area contributed by atoms with Gasteiger partial charge in [-0.05, 0) is 29.8 Å². The van der Waals surface area contributed by atoms with E-state index in [1.165, 1.54) is 5.56 Å². The number of aromatic nitrogens is 1. The molecule has 144 valence electrons. The van der Waals surface area contributed by atoms with Gasteiger partial charge in [0, 0.05) is 44.6 Å². The Labute approximate surface area is 164 Å². The predicted molar refractivity (Wildman–Crippen MR) is 108 cm³/mol. The Hall–Kier alpha value is -3.12. The van der Waals surface area contributed by atoms with Crippen LogP contribution in [0.2, 0.25) is 0 Å². The highest BCUT2D eigenvalue weighted by Crippen LogP contribution is 2.18. The van der Waals surface area contributed by atoms with Crippen molar-refractivity contribution in [1.29, 1.82) is 0 Å². The number of nitrogens with zero attached hydrogens (tertiary/aromatic N) is 3. The summed E-state index contributed by atoms with van der Waals surface area (Å²) in [5.41, 5.74) is 2.81. The third kappa shape index (κ3) is 4.58. The Morgan fingerprint density at radius 3 is 2.61 bits per heavy atom. The summed E-state index contributed by atoms with van der Waals surface area (Å²) in [7, 11) is 0. The molecule has 1 amide bonds. The van der Waals surface area contributed by atoms with E-state index < -0.39 is 0 Å². The molecule has 3 aromatic rings. The molecule has 6 heteroatoms. The second kappa shape index (κ2) is 8.71. The highest BCUT2D eigenvalue weighted by molar-refractivity contribution is 5.93. The monoisotopic (exact) mass is 376 g/mol. The van der Waals surface area contributed by atoms with Crippen LogP contribution in [0.5, 0.6) is 0 Å². The van der Waals surface area contributed by atoms with Crippen molar-refractivity contribution in [3.8, 4) is 0 Å². The fourth-order valence-electron chi connectivity index (χ4n) is 3.42. The average molecular weight is 376 g/mol. The molecule has 1 N–H and O–H groups in total. The van der Waals surface area contributed by atoms with E-state index in [2.05, 4.69) is 44.4 Å². The van der Waals surface area contributed by atoms with Crippen LogP contribution in [0.3, 0.4) is 0 Å². The van der Waals surface area contributed by atoms with Gasteiger partial charge in [0.2, 0.25) is 0 Å². The van der Waals surface area contributed by atoms with Crippen molar-refractivity contribution in [3.05, 3.63) is 84.1 Å². The van der Waals surface area contributed by atoms with Crippen molar-refractivity contribution in [1.82, 2.24) is 15.2 Å². The van der Waals surface area contributed by atoms with Crippen LogP contribution in [0.15, 0.2) is 71.5 Å². The highest BCUT2D eigenvalue weighted by atomic mass is 16.3. The SMILES string of the molecule is O=C(NCc1ccco1)c1cc(N2CCN(Cc3ccccc3)CC2)ccn1. The molecule has 0 atom stereocenters. The minimum absolute atomic E-state index is 0.194. The van der Waals surface area contributed by atoms with Crippen molar-refractivity contribution in [2.24, 2.45) is 0 Å². The fourth-order valence-corrected chi connectivity index (χ4v) is 3.42. The van der Waals surface area contributed by atoms with Gasteiger partial charge in [0.1, 0.15) is 11.5 Å². The molecule has 0 bridgehead atoms. The third-order valence-electron chi connectivity index (χ3n) is 4.97. The fraction of sp³-hybridized carbons (Fsp3) is 0.273. The first kappa shape index (κ1) is 18.3. The first-order chi connectivity index (χ1) is 13.8. The van der Waals surface area contributed by atoms with Crippen LogP contribution in [-0.4, -0.2) is 42.0 Å². The van der Waals surface area contributed by atoms with Gasteiger partial charge in [0.15, 0.2) is 0 Å². The third-order valence-corrected chi connectivity index (χ3v) is 4.97. The van der Waals surface area contributed by atoms with Gasteiger partial charge in [-0.1, -0.05) is 30.3 Å². The standard InChI is InChI=1S/C22H24N4O2/c27-22(24-16-20-7-4-14-28-20)21-15-19(8-9-23-21)26-12-10-25(11-13-26)17-18-5-2-1-3-6-18/h1-9,14-15H,10-13,16-17H2,(H,24,27). The van der Waals surface area contributed by atoms with Crippen molar-refractivity contribution >= 4 is 11.6 Å².